The molecule has 0 heterocycles. The number of benzene rings is 2. The lowest BCUT2D eigenvalue weighted by Gasteiger charge is -2.08. The number of carbonyl (C=O) groups excluding carboxylic acids is 3. The second kappa shape index (κ2) is 10.8. The maximum atomic E-state index is 12.2. The third-order valence-electron chi connectivity index (χ3n) is 4.28. The SMILES string of the molecule is Cc1ccc(SCC(=O)OCC(=O)c2ccc(NC(=O)CC(C)C)cc2)cc1C. The van der Waals surface area contributed by atoms with Gasteiger partial charge in [0.1, 0.15) is 0 Å². The highest BCUT2D eigenvalue weighted by Crippen LogP contribution is 2.21. The lowest BCUT2D eigenvalue weighted by Crippen LogP contribution is -2.16. The summed E-state index contributed by atoms with van der Waals surface area (Å²) in [7, 11) is 0. The Morgan fingerprint density at radius 2 is 1.69 bits per heavy atom. The van der Waals surface area contributed by atoms with Crippen LogP contribution >= 0.6 is 11.8 Å². The topological polar surface area (TPSA) is 72.5 Å². The van der Waals surface area contributed by atoms with Crippen molar-refractivity contribution < 1.29 is 19.1 Å². The second-order valence-electron chi connectivity index (χ2n) is 7.34. The minimum atomic E-state index is -0.431. The molecule has 2 aromatic rings. The van der Waals surface area contributed by atoms with Crippen molar-refractivity contribution >= 4 is 35.1 Å². The Morgan fingerprint density at radius 3 is 2.31 bits per heavy atom. The normalized spacial score (nSPS) is 10.7. The van der Waals surface area contributed by atoms with E-state index in [-0.39, 0.29) is 30.0 Å². The van der Waals surface area contributed by atoms with Crippen LogP contribution < -0.4 is 5.32 Å². The van der Waals surface area contributed by atoms with Crippen molar-refractivity contribution in [2.24, 2.45) is 5.92 Å². The van der Waals surface area contributed by atoms with Gasteiger partial charge in [-0.1, -0.05) is 19.9 Å². The molecule has 2 aromatic carbocycles. The second-order valence-corrected chi connectivity index (χ2v) is 8.39. The van der Waals surface area contributed by atoms with Gasteiger partial charge in [-0.15, -0.1) is 11.8 Å². The van der Waals surface area contributed by atoms with Gasteiger partial charge in [0, 0.05) is 22.6 Å². The molecule has 1 N–H and O–H groups in total. The highest BCUT2D eigenvalue weighted by atomic mass is 32.2. The van der Waals surface area contributed by atoms with Crippen molar-refractivity contribution in [1.29, 1.82) is 0 Å². The molecular formula is C23H27NO4S. The van der Waals surface area contributed by atoms with Gasteiger partial charge in [-0.2, -0.15) is 0 Å². The zero-order chi connectivity index (χ0) is 21.4. The quantitative estimate of drug-likeness (QED) is 0.363. The molecular weight excluding hydrogens is 386 g/mol. The maximum absolute atomic E-state index is 12.2. The number of hydrogen-bond donors (Lipinski definition) is 1. The number of carbonyl (C=O) groups is 3. The van der Waals surface area contributed by atoms with E-state index in [0.29, 0.717) is 17.7 Å². The number of ether oxygens (including phenoxy) is 1. The largest absolute Gasteiger partial charge is 0.457 e. The number of hydrogen-bond acceptors (Lipinski definition) is 5. The monoisotopic (exact) mass is 413 g/mol. The Labute approximate surface area is 176 Å². The summed E-state index contributed by atoms with van der Waals surface area (Å²) in [5, 5.41) is 2.79. The highest BCUT2D eigenvalue weighted by molar-refractivity contribution is 8.00. The van der Waals surface area contributed by atoms with Crippen molar-refractivity contribution in [1.82, 2.24) is 0 Å². The van der Waals surface area contributed by atoms with E-state index in [0.717, 1.165) is 4.90 Å². The summed E-state index contributed by atoms with van der Waals surface area (Å²) in [6.45, 7) is 7.71. The lowest BCUT2D eigenvalue weighted by molar-refractivity contribution is -0.139. The van der Waals surface area contributed by atoms with Crippen LogP contribution in [0.15, 0.2) is 47.4 Å². The van der Waals surface area contributed by atoms with Crippen LogP contribution in [0, 0.1) is 19.8 Å². The number of nitrogens with one attached hydrogen (secondary N) is 1. The van der Waals surface area contributed by atoms with E-state index in [1.807, 2.05) is 45.9 Å². The van der Waals surface area contributed by atoms with Crippen LogP contribution in [0.25, 0.3) is 0 Å². The zero-order valence-electron chi connectivity index (χ0n) is 17.3. The first-order valence-corrected chi connectivity index (χ1v) is 10.5. The molecule has 6 heteroatoms. The van der Waals surface area contributed by atoms with Crippen LogP contribution in [0.1, 0.15) is 41.8 Å². The highest BCUT2D eigenvalue weighted by Gasteiger charge is 2.12. The third-order valence-corrected chi connectivity index (χ3v) is 5.25. The number of aryl methyl sites for hydroxylation is 2. The Hall–Kier alpha value is -2.60. The summed E-state index contributed by atoms with van der Waals surface area (Å²) in [6, 6.07) is 12.6. The average Bonchev–Trinajstić information content (AvgIpc) is 2.67. The van der Waals surface area contributed by atoms with E-state index in [1.165, 1.54) is 22.9 Å². The molecule has 29 heavy (non-hydrogen) atoms. The van der Waals surface area contributed by atoms with Gasteiger partial charge in [-0.3, -0.25) is 14.4 Å². The lowest BCUT2D eigenvalue weighted by atomic mass is 10.1. The number of thioether (sulfide) groups is 1. The van der Waals surface area contributed by atoms with Gasteiger partial charge in [0.25, 0.3) is 0 Å². The van der Waals surface area contributed by atoms with E-state index in [9.17, 15) is 14.4 Å². The number of amides is 1. The molecule has 0 aliphatic heterocycles. The van der Waals surface area contributed by atoms with Gasteiger partial charge >= 0.3 is 5.97 Å². The molecule has 5 nitrogen and oxygen atoms in total. The molecule has 0 spiro atoms. The summed E-state index contributed by atoms with van der Waals surface area (Å²) >= 11 is 1.38. The molecule has 154 valence electrons. The van der Waals surface area contributed by atoms with E-state index in [2.05, 4.69) is 5.32 Å². The molecule has 0 radical (unpaired) electrons. The molecule has 1 amide bonds. The van der Waals surface area contributed by atoms with Gasteiger partial charge in [-0.25, -0.2) is 0 Å². The van der Waals surface area contributed by atoms with Crippen molar-refractivity contribution in [2.75, 3.05) is 17.7 Å². The Bertz CT molecular complexity index is 875. The summed E-state index contributed by atoms with van der Waals surface area (Å²) in [4.78, 5) is 36.9. The van der Waals surface area contributed by atoms with Crippen molar-refractivity contribution in [3.63, 3.8) is 0 Å². The Morgan fingerprint density at radius 1 is 1.00 bits per heavy atom. The number of ketones is 1. The molecule has 0 unspecified atom stereocenters. The molecule has 0 atom stereocenters. The van der Waals surface area contributed by atoms with E-state index in [1.54, 1.807) is 24.3 Å². The van der Waals surface area contributed by atoms with E-state index < -0.39 is 5.97 Å². The minimum Gasteiger partial charge on any atom is -0.457 e. The van der Waals surface area contributed by atoms with Crippen LogP contribution in [-0.4, -0.2) is 30.0 Å². The molecule has 0 saturated heterocycles. The van der Waals surface area contributed by atoms with Crippen molar-refractivity contribution in [3.05, 3.63) is 59.2 Å². The standard InChI is InChI=1S/C23H27NO4S/c1-15(2)11-22(26)24-19-8-6-18(7-9-19)21(25)13-28-23(27)14-29-20-10-5-16(3)17(4)12-20/h5-10,12,15H,11,13-14H2,1-4H3,(H,24,26). The summed E-state index contributed by atoms with van der Waals surface area (Å²) in [5.74, 6) is -0.349. The van der Waals surface area contributed by atoms with Crippen LogP contribution in [0.5, 0.6) is 0 Å². The number of Topliss-reactive ketones (excluding diaryl/α,β-unsaturated/α-hetero) is 1. The fraction of sp³-hybridized carbons (Fsp3) is 0.348. The van der Waals surface area contributed by atoms with Crippen LogP contribution in [0.3, 0.4) is 0 Å². The van der Waals surface area contributed by atoms with Crippen LogP contribution in [0.2, 0.25) is 0 Å². The van der Waals surface area contributed by atoms with Crippen LogP contribution in [0.4, 0.5) is 5.69 Å². The molecule has 0 saturated carbocycles. The van der Waals surface area contributed by atoms with Crippen molar-refractivity contribution in [2.45, 2.75) is 39.0 Å². The van der Waals surface area contributed by atoms with Gasteiger partial charge in [0.05, 0.1) is 5.75 Å². The molecule has 0 aliphatic carbocycles. The Kier molecular flexibility index (Phi) is 8.46. The first-order valence-electron chi connectivity index (χ1n) is 9.53. The van der Waals surface area contributed by atoms with Gasteiger partial charge in [0.2, 0.25) is 5.91 Å². The van der Waals surface area contributed by atoms with Crippen LogP contribution in [-0.2, 0) is 14.3 Å². The minimum absolute atomic E-state index is 0.0609. The fourth-order valence-corrected chi connectivity index (χ4v) is 3.33. The number of anilines is 1. The molecule has 0 aromatic heterocycles. The third kappa shape index (κ3) is 7.74. The summed E-state index contributed by atoms with van der Waals surface area (Å²) in [5.41, 5.74) is 3.44. The van der Waals surface area contributed by atoms with Gasteiger partial charge in [-0.05, 0) is 67.3 Å². The van der Waals surface area contributed by atoms with Gasteiger partial charge < -0.3 is 10.1 Å². The van der Waals surface area contributed by atoms with E-state index >= 15 is 0 Å². The number of rotatable bonds is 9. The first kappa shape index (κ1) is 22.7. The molecule has 0 aliphatic rings. The van der Waals surface area contributed by atoms with E-state index in [4.69, 9.17) is 4.74 Å². The predicted molar refractivity (Wildman–Crippen MR) is 116 cm³/mol. The molecule has 0 bridgehead atoms. The zero-order valence-corrected chi connectivity index (χ0v) is 18.1. The number of esters is 1. The maximum Gasteiger partial charge on any atom is 0.316 e. The fourth-order valence-electron chi connectivity index (χ4n) is 2.54. The average molecular weight is 414 g/mol. The van der Waals surface area contributed by atoms with Gasteiger partial charge in [0.15, 0.2) is 12.4 Å². The summed E-state index contributed by atoms with van der Waals surface area (Å²) < 4.78 is 5.09. The molecule has 2 rings (SSSR count). The smallest absolute Gasteiger partial charge is 0.316 e. The Balaban J connectivity index is 1.78. The predicted octanol–water partition coefficient (Wildman–Crippen LogP) is 4.81. The first-order chi connectivity index (χ1) is 13.7. The molecule has 0 fully saturated rings. The summed E-state index contributed by atoms with van der Waals surface area (Å²) in [6.07, 6.45) is 0.441. The van der Waals surface area contributed by atoms with Crippen molar-refractivity contribution in [3.8, 4) is 0 Å².